The van der Waals surface area contributed by atoms with Crippen LogP contribution in [0.25, 0.3) is 0 Å². The number of hydrogen-bond donors (Lipinski definition) is 3. The molecule has 0 amide bonds. The lowest BCUT2D eigenvalue weighted by atomic mass is 9.69. The van der Waals surface area contributed by atoms with Gasteiger partial charge in [-0.1, -0.05) is 136 Å². The molecular weight excluding hydrogens is 765 g/mol. The minimum Gasteiger partial charge on any atom is -0.497 e. The molecule has 0 aliphatic carbocycles. The second-order valence-corrected chi connectivity index (χ2v) is 19.9. The normalized spacial score (nSPS) is 19.7. The molecule has 1 saturated heterocycles. The van der Waals surface area contributed by atoms with Crippen molar-refractivity contribution in [3.8, 4) is 11.5 Å². The number of H-pyrrole nitrogens is 1. The highest BCUT2D eigenvalue weighted by Gasteiger charge is 2.70. The number of aromatic amines is 1. The molecule has 1 fully saturated rings. The van der Waals surface area contributed by atoms with Crippen LogP contribution in [0.1, 0.15) is 43.7 Å². The number of aliphatic hydroxyl groups is 2. The zero-order valence-electron chi connectivity index (χ0n) is 33.8. The highest BCUT2D eigenvalue weighted by atomic mass is 28.4. The zero-order chi connectivity index (χ0) is 41.8. The Labute approximate surface area is 344 Å². The summed E-state index contributed by atoms with van der Waals surface area (Å²) in [5.41, 5.74) is -3.38. The number of ether oxygens (including phenoxy) is 4. The Morgan fingerprint density at radius 3 is 1.66 bits per heavy atom. The fraction of sp³-hybridized carbons (Fsp3) is 0.277. The first-order valence-electron chi connectivity index (χ1n) is 19.5. The van der Waals surface area contributed by atoms with Crippen molar-refractivity contribution in [1.29, 1.82) is 0 Å². The van der Waals surface area contributed by atoms with E-state index >= 15 is 0 Å². The number of nitrogens with zero attached hydrogens (tertiary/aromatic N) is 1. The number of aromatic nitrogens is 2. The van der Waals surface area contributed by atoms with Crippen molar-refractivity contribution < 1.29 is 33.6 Å². The summed E-state index contributed by atoms with van der Waals surface area (Å²) >= 11 is 0. The molecule has 0 saturated carbocycles. The molecule has 1 aromatic heterocycles. The molecule has 7 rings (SSSR count). The smallest absolute Gasteiger partial charge is 0.330 e. The van der Waals surface area contributed by atoms with Gasteiger partial charge in [-0.05, 0) is 56.4 Å². The average molecular weight is 815 g/mol. The van der Waals surface area contributed by atoms with Crippen LogP contribution in [0.2, 0.25) is 5.04 Å². The van der Waals surface area contributed by atoms with E-state index in [2.05, 4.69) is 25.8 Å². The van der Waals surface area contributed by atoms with Crippen LogP contribution in [-0.2, 0) is 26.1 Å². The van der Waals surface area contributed by atoms with Crippen LogP contribution < -0.4 is 31.1 Å². The Morgan fingerprint density at radius 1 is 0.729 bits per heavy atom. The molecule has 0 radical (unpaired) electrons. The third kappa shape index (κ3) is 7.37. The predicted octanol–water partition coefficient (Wildman–Crippen LogP) is 5.28. The van der Waals surface area contributed by atoms with E-state index in [-0.39, 0.29) is 6.61 Å². The molecule has 2 heterocycles. The van der Waals surface area contributed by atoms with E-state index in [0.29, 0.717) is 22.6 Å². The lowest BCUT2D eigenvalue weighted by Gasteiger charge is -2.53. The lowest BCUT2D eigenvalue weighted by molar-refractivity contribution is -0.239. The molecule has 12 heteroatoms. The molecule has 0 spiro atoms. The topological polar surface area (TPSA) is 141 Å². The standard InChI is InChI=1S/C47H50N2O9Si/c1-45(2,3)59(38-17-11-7-12-18-38,39-19-13-8-14-20-39)58-42-41(52)43(49-30-29-40(51)48-44(49)53)57-46(42,32-50)47(34-21-25-36(54-4)26-22-34,35-23-27-37(55-5)28-24-35)56-31-33-15-9-6-10-16-33/h6-30,41-43,50,52H,31-32H2,1-5H3,(H,48,51,53). The molecule has 11 nitrogen and oxygen atoms in total. The van der Waals surface area contributed by atoms with Crippen molar-refractivity contribution in [1.82, 2.24) is 9.55 Å². The molecule has 3 N–H and O–H groups in total. The minimum absolute atomic E-state index is 0.0231. The van der Waals surface area contributed by atoms with Crippen molar-refractivity contribution in [3.63, 3.8) is 0 Å². The summed E-state index contributed by atoms with van der Waals surface area (Å²) in [6.45, 7) is 5.58. The van der Waals surface area contributed by atoms with E-state index < -0.39 is 60.8 Å². The first-order chi connectivity index (χ1) is 28.4. The summed E-state index contributed by atoms with van der Waals surface area (Å²) in [6.07, 6.45) is -3.24. The van der Waals surface area contributed by atoms with Crippen LogP contribution in [-0.4, -0.2) is 66.7 Å². The molecule has 0 bridgehead atoms. The Bertz CT molecular complexity index is 2330. The monoisotopic (exact) mass is 814 g/mol. The second-order valence-electron chi connectivity index (χ2n) is 15.7. The molecule has 306 valence electrons. The van der Waals surface area contributed by atoms with E-state index in [4.69, 9.17) is 23.4 Å². The van der Waals surface area contributed by atoms with Crippen molar-refractivity contribution in [2.75, 3.05) is 20.8 Å². The van der Waals surface area contributed by atoms with E-state index in [9.17, 15) is 19.8 Å². The summed E-state index contributed by atoms with van der Waals surface area (Å²) in [5, 5.41) is 26.6. The highest BCUT2D eigenvalue weighted by Crippen LogP contribution is 2.56. The Balaban J connectivity index is 1.60. The van der Waals surface area contributed by atoms with Gasteiger partial charge in [0.25, 0.3) is 13.9 Å². The maximum Gasteiger partial charge on any atom is 0.330 e. The number of nitrogens with one attached hydrogen (secondary N) is 1. The Morgan fingerprint density at radius 2 is 1.22 bits per heavy atom. The van der Waals surface area contributed by atoms with Crippen molar-refractivity contribution in [3.05, 3.63) is 189 Å². The van der Waals surface area contributed by atoms with Gasteiger partial charge in [0, 0.05) is 12.3 Å². The summed E-state index contributed by atoms with van der Waals surface area (Å²) in [6, 6.07) is 45.1. The van der Waals surface area contributed by atoms with E-state index in [0.717, 1.165) is 20.5 Å². The largest absolute Gasteiger partial charge is 0.497 e. The predicted molar refractivity (Wildman–Crippen MR) is 228 cm³/mol. The Kier molecular flexibility index (Phi) is 11.9. The fourth-order valence-corrected chi connectivity index (χ4v) is 13.3. The van der Waals surface area contributed by atoms with Gasteiger partial charge in [-0.2, -0.15) is 0 Å². The van der Waals surface area contributed by atoms with Gasteiger partial charge in [0.2, 0.25) is 0 Å². The molecule has 6 aromatic rings. The molecule has 4 unspecified atom stereocenters. The second kappa shape index (κ2) is 16.9. The van der Waals surface area contributed by atoms with Crippen LogP contribution in [0.4, 0.5) is 0 Å². The lowest BCUT2D eigenvalue weighted by Crippen LogP contribution is -2.72. The van der Waals surface area contributed by atoms with Gasteiger partial charge in [-0.15, -0.1) is 0 Å². The molecule has 59 heavy (non-hydrogen) atoms. The van der Waals surface area contributed by atoms with Crippen molar-refractivity contribution >= 4 is 18.7 Å². The van der Waals surface area contributed by atoms with Gasteiger partial charge >= 0.3 is 5.69 Å². The average Bonchev–Trinajstić information content (AvgIpc) is 3.54. The third-order valence-electron chi connectivity index (χ3n) is 11.4. The van der Waals surface area contributed by atoms with Crippen molar-refractivity contribution in [2.24, 2.45) is 0 Å². The van der Waals surface area contributed by atoms with Crippen LogP contribution >= 0.6 is 0 Å². The maximum atomic E-state index is 13.7. The molecule has 4 atom stereocenters. The SMILES string of the molecule is COc1ccc(C(OCc2ccccc2)(c2ccc(OC)cc2)C2(CO)OC(n3ccc(=O)[nH]c3=O)C(O)C2O[Si](c2ccccc2)(c2ccccc2)C(C)(C)C)cc1. The molecule has 1 aliphatic heterocycles. The van der Waals surface area contributed by atoms with E-state index in [1.165, 1.54) is 12.3 Å². The van der Waals surface area contributed by atoms with E-state index in [1.54, 1.807) is 38.5 Å². The molecular formula is C47H50N2O9Si. The quantitative estimate of drug-likeness (QED) is 0.125. The number of methoxy groups -OCH3 is 2. The van der Waals surface area contributed by atoms with Gasteiger partial charge in [-0.3, -0.25) is 14.3 Å². The first kappa shape index (κ1) is 41.6. The van der Waals surface area contributed by atoms with Gasteiger partial charge in [0.15, 0.2) is 17.4 Å². The van der Waals surface area contributed by atoms with Gasteiger partial charge in [0.05, 0.1) is 27.4 Å². The number of benzene rings is 5. The van der Waals surface area contributed by atoms with E-state index in [1.807, 2.05) is 115 Å². The first-order valence-corrected chi connectivity index (χ1v) is 21.4. The number of aliphatic hydroxyl groups excluding tert-OH is 2. The van der Waals surface area contributed by atoms with Gasteiger partial charge in [-0.25, -0.2) is 4.79 Å². The summed E-state index contributed by atoms with van der Waals surface area (Å²) in [7, 11) is -0.457. The third-order valence-corrected chi connectivity index (χ3v) is 16.4. The van der Waals surface area contributed by atoms with Crippen molar-refractivity contribution in [2.45, 2.75) is 62.1 Å². The Hall–Kier alpha value is -5.60. The summed E-state index contributed by atoms with van der Waals surface area (Å²) < 4.78 is 34.7. The van der Waals surface area contributed by atoms with Crippen LogP contribution in [0.15, 0.2) is 161 Å². The minimum atomic E-state index is -3.60. The summed E-state index contributed by atoms with van der Waals surface area (Å²) in [4.78, 5) is 28.4. The molecule has 1 aliphatic rings. The van der Waals surface area contributed by atoms with Gasteiger partial charge < -0.3 is 33.6 Å². The summed E-state index contributed by atoms with van der Waals surface area (Å²) in [5.74, 6) is 1.15. The fourth-order valence-electron chi connectivity index (χ4n) is 8.56. The maximum absolute atomic E-state index is 13.7. The number of hydrogen-bond acceptors (Lipinski definition) is 9. The highest BCUT2D eigenvalue weighted by molar-refractivity contribution is 6.99. The van der Waals surface area contributed by atoms with Gasteiger partial charge in [0.1, 0.15) is 23.7 Å². The van der Waals surface area contributed by atoms with Crippen LogP contribution in [0.5, 0.6) is 11.5 Å². The van der Waals surface area contributed by atoms with Crippen LogP contribution in [0, 0.1) is 0 Å². The number of rotatable bonds is 14. The molecule has 5 aromatic carbocycles. The van der Waals surface area contributed by atoms with Crippen LogP contribution in [0.3, 0.4) is 0 Å². The zero-order valence-corrected chi connectivity index (χ0v) is 34.8.